The number of nitrogens with zero attached hydrogens (tertiary/aromatic N) is 3. The van der Waals surface area contributed by atoms with E-state index in [9.17, 15) is 10.4 Å². The molecule has 1 heterocycles. The first-order valence-corrected chi connectivity index (χ1v) is 9.07. The fourth-order valence-electron chi connectivity index (χ4n) is 3.36. The van der Waals surface area contributed by atoms with E-state index in [0.29, 0.717) is 12.4 Å². The van der Waals surface area contributed by atoms with Gasteiger partial charge in [-0.15, -0.1) is 0 Å². The molecule has 0 fully saturated rings. The van der Waals surface area contributed by atoms with Gasteiger partial charge in [-0.1, -0.05) is 48.5 Å². The summed E-state index contributed by atoms with van der Waals surface area (Å²) in [6.07, 6.45) is 0. The zero-order chi connectivity index (χ0) is 19.5. The summed E-state index contributed by atoms with van der Waals surface area (Å²) in [7, 11) is 1.92. The van der Waals surface area contributed by atoms with Crippen molar-refractivity contribution in [1.29, 1.82) is 5.26 Å². The molecule has 4 rings (SSSR count). The van der Waals surface area contributed by atoms with Crippen LogP contribution in [0.3, 0.4) is 0 Å². The molecule has 0 aliphatic heterocycles. The van der Waals surface area contributed by atoms with Crippen LogP contribution < -0.4 is 0 Å². The summed E-state index contributed by atoms with van der Waals surface area (Å²) < 4.78 is 0. The number of H-pyrrole nitrogens is 1. The molecule has 0 aliphatic rings. The lowest BCUT2D eigenvalue weighted by Crippen LogP contribution is -2.21. The van der Waals surface area contributed by atoms with Gasteiger partial charge in [-0.2, -0.15) is 5.26 Å². The normalized spacial score (nSPS) is 12.3. The Bertz CT molecular complexity index is 1180. The summed E-state index contributed by atoms with van der Waals surface area (Å²) in [5.41, 5.74) is 2.92. The molecule has 0 amide bonds. The van der Waals surface area contributed by atoms with E-state index < -0.39 is 0 Å². The van der Waals surface area contributed by atoms with E-state index in [-0.39, 0.29) is 17.9 Å². The van der Waals surface area contributed by atoms with Gasteiger partial charge in [0.1, 0.15) is 17.4 Å². The fraction of sp³-hybridized carbons (Fsp3) is 0.130. The highest BCUT2D eigenvalue weighted by Crippen LogP contribution is 2.20. The monoisotopic (exact) mass is 368 g/mol. The standard InChI is InChI=1S/C23H20N4O/c1-27(14-16-10-11-17-6-2-3-7-18(17)12-16)15-22(28)19(13-24)23-25-20-8-4-5-9-21(20)26-23/h2-12,28H,14-15H2,1H3,(H,25,26)/b22-19-. The first-order chi connectivity index (χ1) is 13.6. The molecule has 2 N–H and O–H groups in total. The predicted molar refractivity (Wildman–Crippen MR) is 112 cm³/mol. The van der Waals surface area contributed by atoms with Gasteiger partial charge in [0.05, 0.1) is 17.6 Å². The maximum atomic E-state index is 10.6. The number of imidazole rings is 1. The molecule has 5 nitrogen and oxygen atoms in total. The number of hydrogen-bond acceptors (Lipinski definition) is 4. The minimum absolute atomic E-state index is 0.00449. The molecule has 138 valence electrons. The molecule has 3 aromatic carbocycles. The van der Waals surface area contributed by atoms with Gasteiger partial charge in [0.15, 0.2) is 5.82 Å². The number of fused-ring (bicyclic) bond motifs is 2. The predicted octanol–water partition coefficient (Wildman–Crippen LogP) is 4.64. The van der Waals surface area contributed by atoms with E-state index in [4.69, 9.17) is 0 Å². The van der Waals surface area contributed by atoms with E-state index in [2.05, 4.69) is 46.4 Å². The molecule has 28 heavy (non-hydrogen) atoms. The van der Waals surface area contributed by atoms with E-state index in [1.165, 1.54) is 10.8 Å². The number of aromatic amines is 1. The maximum absolute atomic E-state index is 10.6. The molecule has 5 heteroatoms. The second kappa shape index (κ2) is 7.55. The maximum Gasteiger partial charge on any atom is 0.152 e. The third-order valence-electron chi connectivity index (χ3n) is 4.71. The molecule has 0 bridgehead atoms. The first-order valence-electron chi connectivity index (χ1n) is 9.07. The van der Waals surface area contributed by atoms with Gasteiger partial charge in [-0.3, -0.25) is 4.90 Å². The smallest absolute Gasteiger partial charge is 0.152 e. The number of allylic oxidation sites excluding steroid dienone is 1. The largest absolute Gasteiger partial charge is 0.509 e. The van der Waals surface area contributed by atoms with Crippen LogP contribution in [0, 0.1) is 11.3 Å². The molecule has 1 aromatic heterocycles. The van der Waals surface area contributed by atoms with Crippen LogP contribution in [0.25, 0.3) is 27.4 Å². The van der Waals surface area contributed by atoms with E-state index in [1.54, 1.807) is 0 Å². The molecule has 0 saturated heterocycles. The van der Waals surface area contributed by atoms with Gasteiger partial charge >= 0.3 is 0 Å². The average molecular weight is 368 g/mol. The topological polar surface area (TPSA) is 75.9 Å². The van der Waals surface area contributed by atoms with Crippen molar-refractivity contribution < 1.29 is 5.11 Å². The van der Waals surface area contributed by atoms with E-state index >= 15 is 0 Å². The summed E-state index contributed by atoms with van der Waals surface area (Å²) in [6, 6.07) is 24.2. The second-order valence-corrected chi connectivity index (χ2v) is 6.89. The van der Waals surface area contributed by atoms with Gasteiger partial charge in [0.25, 0.3) is 0 Å². The SMILES string of the molecule is CN(C/C(O)=C(\C#N)c1nc2ccccc2[nH]1)Cc1ccc2ccccc2c1. The number of nitrogens with one attached hydrogen (secondary N) is 1. The van der Waals surface area contributed by atoms with Crippen LogP contribution in [0.5, 0.6) is 0 Å². The molecular weight excluding hydrogens is 348 g/mol. The number of para-hydroxylation sites is 2. The van der Waals surface area contributed by atoms with Crippen LogP contribution in [0.1, 0.15) is 11.4 Å². The van der Waals surface area contributed by atoms with Gasteiger partial charge in [-0.05, 0) is 41.6 Å². The highest BCUT2D eigenvalue weighted by molar-refractivity contribution is 5.83. The number of aliphatic hydroxyl groups is 1. The van der Waals surface area contributed by atoms with Crippen molar-refractivity contribution >= 4 is 27.4 Å². The van der Waals surface area contributed by atoms with Gasteiger partial charge in [0.2, 0.25) is 0 Å². The summed E-state index contributed by atoms with van der Waals surface area (Å²) in [5.74, 6) is 0.394. The zero-order valence-corrected chi connectivity index (χ0v) is 15.6. The van der Waals surface area contributed by atoms with Crippen LogP contribution in [-0.2, 0) is 6.54 Å². The lowest BCUT2D eigenvalue weighted by Gasteiger charge is -2.17. The van der Waals surface area contributed by atoms with Crippen molar-refractivity contribution in [3.05, 3.63) is 83.9 Å². The first kappa shape index (κ1) is 17.8. The minimum atomic E-state index is 0.00449. The molecule has 4 aromatic rings. The average Bonchev–Trinajstić information content (AvgIpc) is 3.12. The number of aliphatic hydroxyl groups excluding tert-OH is 1. The van der Waals surface area contributed by atoms with Crippen LogP contribution in [0.2, 0.25) is 0 Å². The summed E-state index contributed by atoms with van der Waals surface area (Å²) in [4.78, 5) is 9.49. The molecule has 0 aliphatic carbocycles. The Kier molecular flexibility index (Phi) is 4.79. The molecule has 0 saturated carbocycles. The highest BCUT2D eigenvalue weighted by atomic mass is 16.3. The molecule has 0 spiro atoms. The lowest BCUT2D eigenvalue weighted by atomic mass is 10.1. The highest BCUT2D eigenvalue weighted by Gasteiger charge is 2.15. The Morgan fingerprint density at radius 2 is 1.82 bits per heavy atom. The Morgan fingerprint density at radius 1 is 1.07 bits per heavy atom. The Balaban J connectivity index is 1.54. The number of likely N-dealkylation sites (N-methyl/N-ethyl adjacent to an activating group) is 1. The fourth-order valence-corrected chi connectivity index (χ4v) is 3.36. The van der Waals surface area contributed by atoms with Crippen LogP contribution in [0.15, 0.2) is 72.5 Å². The summed E-state index contributed by atoms with van der Waals surface area (Å²) in [5, 5.41) is 22.5. The quantitative estimate of drug-likeness (QED) is 0.397. The number of aromatic nitrogens is 2. The number of rotatable bonds is 5. The zero-order valence-electron chi connectivity index (χ0n) is 15.6. The lowest BCUT2D eigenvalue weighted by molar-refractivity contribution is 0.286. The molecule has 0 atom stereocenters. The minimum Gasteiger partial charge on any atom is -0.509 e. The summed E-state index contributed by atoms with van der Waals surface area (Å²) >= 11 is 0. The van der Waals surface area contributed by atoms with Crippen LogP contribution >= 0.6 is 0 Å². The van der Waals surface area contributed by atoms with Crippen molar-refractivity contribution in [3.8, 4) is 6.07 Å². The van der Waals surface area contributed by atoms with Crippen LogP contribution in [0.4, 0.5) is 0 Å². The Labute approximate surface area is 163 Å². The molecule has 0 radical (unpaired) electrons. The third-order valence-corrected chi connectivity index (χ3v) is 4.71. The van der Waals surface area contributed by atoms with Crippen molar-refractivity contribution in [3.63, 3.8) is 0 Å². The molecular formula is C23H20N4O. The van der Waals surface area contributed by atoms with Gasteiger partial charge < -0.3 is 10.1 Å². The number of benzene rings is 3. The molecule has 0 unspecified atom stereocenters. The van der Waals surface area contributed by atoms with E-state index in [0.717, 1.165) is 16.6 Å². The van der Waals surface area contributed by atoms with Crippen molar-refractivity contribution in [2.45, 2.75) is 6.54 Å². The van der Waals surface area contributed by atoms with Gasteiger partial charge in [-0.25, -0.2) is 4.98 Å². The summed E-state index contributed by atoms with van der Waals surface area (Å²) in [6.45, 7) is 0.917. The van der Waals surface area contributed by atoms with Gasteiger partial charge in [0, 0.05) is 6.54 Å². The van der Waals surface area contributed by atoms with E-state index in [1.807, 2.05) is 48.3 Å². The number of hydrogen-bond donors (Lipinski definition) is 2. The number of nitriles is 1. The van der Waals surface area contributed by atoms with Crippen molar-refractivity contribution in [2.75, 3.05) is 13.6 Å². The third kappa shape index (κ3) is 3.59. The Morgan fingerprint density at radius 3 is 2.61 bits per heavy atom. The second-order valence-electron chi connectivity index (χ2n) is 6.89. The van der Waals surface area contributed by atoms with Crippen LogP contribution in [-0.4, -0.2) is 33.6 Å². The Hall–Kier alpha value is -3.62. The van der Waals surface area contributed by atoms with Crippen molar-refractivity contribution in [1.82, 2.24) is 14.9 Å². The van der Waals surface area contributed by atoms with Crippen molar-refractivity contribution in [2.24, 2.45) is 0 Å².